The molecular weight excluding hydrogens is 1350 g/mol. The third kappa shape index (κ3) is 43.6. The summed E-state index contributed by atoms with van der Waals surface area (Å²) in [6.45, 7) is 16.1. The largest absolute Gasteiger partial charge is 0.489 e. The average Bonchev–Trinajstić information content (AvgIpc) is 1.08. The van der Waals surface area contributed by atoms with Crippen molar-refractivity contribution >= 4 is 54.5 Å². The van der Waals surface area contributed by atoms with Crippen LogP contribution >= 0.6 is 24.2 Å². The Morgan fingerprint density at radius 3 is 1.23 bits per heavy atom. The van der Waals surface area contributed by atoms with E-state index in [0.29, 0.717) is 70.2 Å². The van der Waals surface area contributed by atoms with E-state index in [-0.39, 0.29) is 42.0 Å². The number of alkyl carbamates (subject to hydrolysis) is 1. The van der Waals surface area contributed by atoms with Crippen molar-refractivity contribution in [2.75, 3.05) is 26.2 Å². The van der Waals surface area contributed by atoms with E-state index in [1.165, 1.54) is 32.5 Å². The highest BCUT2D eigenvalue weighted by Gasteiger charge is 2.16. The first-order valence-corrected chi connectivity index (χ1v) is 35.1. The number of rotatable bonds is 30. The molecule has 0 fully saturated rings. The van der Waals surface area contributed by atoms with Crippen molar-refractivity contribution in [3.05, 3.63) is 281 Å². The number of nitrogens with zero attached hydrogens (tertiary/aromatic N) is 4. The fraction of sp³-hybridized carbons (Fsp3) is 0.325. The molecule has 0 saturated carbocycles. The lowest BCUT2D eigenvalue weighted by molar-refractivity contribution is -0.154. The van der Waals surface area contributed by atoms with E-state index in [9.17, 15) is 14.4 Å². The second kappa shape index (κ2) is 52.7. The molecule has 0 unspecified atom stereocenters. The molecule has 0 saturated heterocycles. The molecule has 11 N–H and O–H groups in total. The van der Waals surface area contributed by atoms with Crippen LogP contribution in [0.5, 0.6) is 23.0 Å². The minimum absolute atomic E-state index is 0. The van der Waals surface area contributed by atoms with Gasteiger partial charge in [-0.3, -0.25) is 14.6 Å². The Kier molecular flexibility index (Phi) is 44.6. The van der Waals surface area contributed by atoms with Crippen LogP contribution in [0.25, 0.3) is 0 Å². The second-order valence-electron chi connectivity index (χ2n) is 25.5. The Labute approximate surface area is 627 Å². The van der Waals surface area contributed by atoms with Crippen LogP contribution in [-0.4, -0.2) is 77.4 Å². The van der Waals surface area contributed by atoms with Crippen LogP contribution in [0.15, 0.2) is 246 Å². The first-order valence-electron chi connectivity index (χ1n) is 34.8. The third-order valence-corrected chi connectivity index (χ3v) is 14.3. The smallest absolute Gasteiger partial charge is 0.407 e. The van der Waals surface area contributed by atoms with E-state index in [1.54, 1.807) is 30.6 Å². The van der Waals surface area contributed by atoms with E-state index >= 15 is 0 Å². The van der Waals surface area contributed by atoms with Crippen LogP contribution in [0.3, 0.4) is 0 Å². The summed E-state index contributed by atoms with van der Waals surface area (Å²) in [5.41, 5.74) is 34.9. The quantitative estimate of drug-likeness (QED) is 0.00802. The van der Waals surface area contributed by atoms with Crippen LogP contribution < -0.4 is 52.9 Å². The molecule has 0 aliphatic heterocycles. The highest BCUT2D eigenvalue weighted by molar-refractivity contribution is 6.19. The van der Waals surface area contributed by atoms with Crippen molar-refractivity contribution in [2.45, 2.75) is 150 Å². The molecule has 8 aromatic carbocycles. The van der Waals surface area contributed by atoms with Crippen molar-refractivity contribution in [3.63, 3.8) is 0 Å². The highest BCUT2D eigenvalue weighted by atomic mass is 35.5. The highest BCUT2D eigenvalue weighted by Crippen LogP contribution is 2.21. The van der Waals surface area contributed by atoms with E-state index in [1.807, 2.05) is 169 Å². The van der Waals surface area contributed by atoms with Gasteiger partial charge in [0.1, 0.15) is 66.9 Å². The molecule has 104 heavy (non-hydrogen) atoms. The Balaban J connectivity index is 0.000000333. The van der Waals surface area contributed by atoms with Crippen molar-refractivity contribution in [1.29, 1.82) is 0 Å². The number of nitrogens with one attached hydrogen (secondary N) is 1. The molecule has 0 aliphatic carbocycles. The number of aromatic nitrogens is 2. The molecule has 1 aromatic heterocycles. The van der Waals surface area contributed by atoms with Gasteiger partial charge in [0.2, 0.25) is 5.96 Å². The summed E-state index contributed by atoms with van der Waals surface area (Å²) in [4.78, 5) is 37.1. The van der Waals surface area contributed by atoms with Gasteiger partial charge in [-0.1, -0.05) is 170 Å². The molecule has 0 atom stereocenters. The summed E-state index contributed by atoms with van der Waals surface area (Å²) in [7, 11) is 0. The minimum atomic E-state index is -0.454. The molecule has 19 nitrogen and oxygen atoms in total. The second-order valence-corrected chi connectivity index (χ2v) is 25.7. The zero-order chi connectivity index (χ0) is 74.6. The lowest BCUT2D eigenvalue weighted by atomic mass is 10.1. The van der Waals surface area contributed by atoms with Gasteiger partial charge < -0.3 is 62.4 Å². The number of nitrogens with two attached hydrogens (primary N) is 5. The summed E-state index contributed by atoms with van der Waals surface area (Å²) >= 11 is 5.05. The van der Waals surface area contributed by atoms with Gasteiger partial charge >= 0.3 is 12.1 Å². The number of aldehydes is 1. The minimum Gasteiger partial charge on any atom is -0.489 e. The Morgan fingerprint density at radius 1 is 0.481 bits per heavy atom. The number of halogens is 2. The molecular formula is C83H108Cl2N10O9. The Bertz CT molecular complexity index is 3780. The van der Waals surface area contributed by atoms with Gasteiger partial charge in [-0.25, -0.2) is 9.48 Å². The average molecular weight is 1460 g/mol. The van der Waals surface area contributed by atoms with Crippen molar-refractivity contribution in [2.24, 2.45) is 38.2 Å². The molecule has 0 bridgehead atoms. The molecule has 558 valence electrons. The fourth-order valence-corrected chi connectivity index (χ4v) is 9.25. The monoisotopic (exact) mass is 1460 g/mol. The Hall–Kier alpha value is -10.2. The van der Waals surface area contributed by atoms with Crippen molar-refractivity contribution in [1.82, 2.24) is 15.1 Å². The van der Waals surface area contributed by atoms with Gasteiger partial charge in [0.15, 0.2) is 5.96 Å². The van der Waals surface area contributed by atoms with Gasteiger partial charge in [0.25, 0.3) is 0 Å². The maximum atomic E-state index is 11.6. The zero-order valence-corrected chi connectivity index (χ0v) is 62.7. The van der Waals surface area contributed by atoms with Crippen LogP contribution in [-0.2, 0) is 60.0 Å². The molecule has 21 heteroatoms. The lowest BCUT2D eigenvalue weighted by Gasteiger charge is -2.19. The summed E-state index contributed by atoms with van der Waals surface area (Å²) in [6.07, 6.45) is 14.0. The maximum Gasteiger partial charge on any atom is 0.407 e. The number of benzene rings is 8. The number of aryl methyl sites for hydroxylation is 3. The van der Waals surface area contributed by atoms with Crippen LogP contribution in [0, 0.1) is 0 Å². The zero-order valence-electron chi connectivity index (χ0n) is 61.2. The molecule has 0 aliphatic rings. The first-order chi connectivity index (χ1) is 49.7. The molecule has 1 heterocycles. The first kappa shape index (κ1) is 88.0. The number of esters is 1. The van der Waals surface area contributed by atoms with E-state index in [2.05, 4.69) is 98.8 Å². The summed E-state index contributed by atoms with van der Waals surface area (Å²) in [5.74, 6) is 3.62. The van der Waals surface area contributed by atoms with E-state index in [4.69, 9.17) is 68.9 Å². The number of amides is 1. The standard InChI is InChI=1S/C22H29NO3.C18H23N3O.C17H21NO.C14H12O2.C8H17NO2.C4H5ClN4.ClH/c1-22(2,3)26-21(24)23-15-8-7-10-18-13-9-14-20(16-18)25-17-19-11-5-4-6-12-19;19-18(20)21-12-5-4-7-15-10-6-11-17(13-15)22-14-16-8-2-1-3-9-16;18-12-5-4-7-15-10-6-11-17(13-15)19-14-16-8-2-1-3-9-16;15-10-13-7-4-8-14(9-13)16-11-12-5-2-1-3-6-12;1-8(2,3)11-7(10)5-4-6-9;5-8-4(6)9-3-1-2-7-9;/h4-6,9,11-14,16H,7-8,10,15,17H2,1-3H3,(H,23,24);1-3,6,8-11,13H,4-5,7,12,14H2,(H4,19,20,21);1-3,6,8-11,13H,4-5,7,12,14,18H2;1-10H,11H2;4-6,9H2,1-3H3;1-3H,(H2,6,8);1H. The summed E-state index contributed by atoms with van der Waals surface area (Å²) < 4.78 is 37.9. The molecule has 9 aromatic rings. The van der Waals surface area contributed by atoms with Crippen molar-refractivity contribution in [3.8, 4) is 23.0 Å². The molecule has 9 rings (SSSR count). The number of hydrogen-bond donors (Lipinski definition) is 6. The third-order valence-electron chi connectivity index (χ3n) is 14.2. The molecule has 0 spiro atoms. The van der Waals surface area contributed by atoms with E-state index < -0.39 is 5.60 Å². The van der Waals surface area contributed by atoms with Gasteiger partial charge in [0.05, 0.1) is 0 Å². The fourth-order valence-electron chi connectivity index (χ4n) is 9.18. The van der Waals surface area contributed by atoms with Crippen LogP contribution in [0.2, 0.25) is 0 Å². The number of unbranched alkanes of at least 4 members (excludes halogenated alkanes) is 3. The lowest BCUT2D eigenvalue weighted by Crippen LogP contribution is -2.33. The van der Waals surface area contributed by atoms with Crippen LogP contribution in [0.1, 0.15) is 142 Å². The predicted molar refractivity (Wildman–Crippen MR) is 424 cm³/mol. The Morgan fingerprint density at radius 2 is 0.865 bits per heavy atom. The molecule has 1 amide bonds. The van der Waals surface area contributed by atoms with Gasteiger partial charge in [0, 0.05) is 49.2 Å². The number of aliphatic imine (C=N–C) groups is 1. The van der Waals surface area contributed by atoms with Gasteiger partial charge in [-0.2, -0.15) is 5.10 Å². The topological polar surface area (TPSA) is 291 Å². The number of hydrogen-bond acceptors (Lipinski definition) is 14. The van der Waals surface area contributed by atoms with Crippen molar-refractivity contribution < 1.29 is 42.8 Å². The number of carbonyl (C=O) groups excluding carboxylic acids is 3. The number of ether oxygens (including phenoxy) is 6. The number of guanidine groups is 1. The normalized spacial score (nSPS) is 10.5. The predicted octanol–water partition coefficient (Wildman–Crippen LogP) is 16.3. The van der Waals surface area contributed by atoms with Gasteiger partial charge in [-0.15, -0.1) is 16.9 Å². The van der Waals surface area contributed by atoms with Gasteiger partial charge in [-0.05, 0) is 212 Å². The SMILES string of the molecule is CC(C)(C)OC(=O)CCCN.CC(C)(C)OC(=O)NCCCCc1cccc(OCc2ccccc2)c1.Cl.NC(=NCl)n1cccn1.NC(N)=NCCCCc1cccc(OCc2ccccc2)c1.NCCCCc1cccc(OCc2ccccc2)c1.O=Cc1cccc(OCc2ccccc2)c1. The summed E-state index contributed by atoms with van der Waals surface area (Å²) in [6, 6.07) is 74.1. The number of carbonyl (C=O) groups is 3. The van der Waals surface area contributed by atoms with E-state index in [0.717, 1.165) is 99.0 Å². The van der Waals surface area contributed by atoms with Crippen LogP contribution in [0.4, 0.5) is 4.79 Å². The summed E-state index contributed by atoms with van der Waals surface area (Å²) in [5, 5.41) is 6.55. The maximum absolute atomic E-state index is 11.6. The molecule has 0 radical (unpaired) electrons.